The summed E-state index contributed by atoms with van der Waals surface area (Å²) in [5.41, 5.74) is 0. The molecule has 2 aromatic heterocycles. The van der Waals surface area contributed by atoms with Gasteiger partial charge in [-0.25, -0.2) is 4.98 Å². The first-order chi connectivity index (χ1) is 9.65. The van der Waals surface area contributed by atoms with E-state index in [1.165, 1.54) is 11.0 Å². The van der Waals surface area contributed by atoms with Gasteiger partial charge in [0.2, 0.25) is 11.9 Å². The van der Waals surface area contributed by atoms with E-state index in [0.717, 1.165) is 13.1 Å². The van der Waals surface area contributed by atoms with Crippen LogP contribution < -0.4 is 10.2 Å². The van der Waals surface area contributed by atoms with Gasteiger partial charge in [-0.3, -0.25) is 0 Å². The van der Waals surface area contributed by atoms with Gasteiger partial charge in [0.25, 0.3) is 5.95 Å². The molecule has 0 fully saturated rings. The first-order valence-electron chi connectivity index (χ1n) is 6.77. The van der Waals surface area contributed by atoms with Crippen LogP contribution in [-0.4, -0.2) is 48.8 Å². The second kappa shape index (κ2) is 6.27. The summed E-state index contributed by atoms with van der Waals surface area (Å²) in [6.07, 6.45) is 3.02. The molecule has 0 saturated carbocycles. The molecule has 0 aliphatic heterocycles. The minimum atomic E-state index is 0.306. The summed E-state index contributed by atoms with van der Waals surface area (Å²) in [5, 5.41) is 7.18. The van der Waals surface area contributed by atoms with Crippen LogP contribution in [0, 0.1) is 0 Å². The Morgan fingerprint density at radius 2 is 2.05 bits per heavy atom. The average molecular weight is 276 g/mol. The molecule has 0 aliphatic carbocycles. The Balaban J connectivity index is 2.45. The molecule has 0 unspecified atom stereocenters. The maximum Gasteiger partial charge on any atom is 0.258 e. The normalized spacial score (nSPS) is 10.8. The Kier molecular flexibility index (Phi) is 4.44. The molecule has 0 aliphatic rings. The zero-order chi connectivity index (χ0) is 14.5. The van der Waals surface area contributed by atoms with Crippen LogP contribution in [0.3, 0.4) is 0 Å². The molecule has 1 N–H and O–H groups in total. The fourth-order valence-corrected chi connectivity index (χ4v) is 1.87. The first-order valence-corrected chi connectivity index (χ1v) is 6.77. The molecule has 2 aromatic rings. The van der Waals surface area contributed by atoms with E-state index in [-0.39, 0.29) is 0 Å². The second-order valence-electron chi connectivity index (χ2n) is 4.51. The van der Waals surface area contributed by atoms with Gasteiger partial charge in [0.05, 0.1) is 0 Å². The van der Waals surface area contributed by atoms with Gasteiger partial charge in [-0.1, -0.05) is 0 Å². The molecule has 8 nitrogen and oxygen atoms in total. The largest absolute Gasteiger partial charge is 0.354 e. The summed E-state index contributed by atoms with van der Waals surface area (Å²) < 4.78 is 1.53. The summed E-state index contributed by atoms with van der Waals surface area (Å²) >= 11 is 0. The number of hydrogen-bond acceptors (Lipinski definition) is 7. The summed E-state index contributed by atoms with van der Waals surface area (Å²) in [7, 11) is 0. The molecule has 108 valence electrons. The fraction of sp³-hybridized carbons (Fsp3) is 0.583. The van der Waals surface area contributed by atoms with Crippen molar-refractivity contribution in [3.8, 4) is 5.95 Å². The summed E-state index contributed by atoms with van der Waals surface area (Å²) in [5.74, 6) is 1.64. The Bertz CT molecular complexity index is 536. The molecule has 2 heterocycles. The number of nitrogens with one attached hydrogen (secondary N) is 1. The highest BCUT2D eigenvalue weighted by Crippen LogP contribution is 2.15. The zero-order valence-electron chi connectivity index (χ0n) is 12.3. The SMILES string of the molecule is CCNc1nc(N(CC)C(C)C)nc(-n2cncn2)n1. The van der Waals surface area contributed by atoms with Crippen LogP contribution in [-0.2, 0) is 0 Å². The highest BCUT2D eigenvalue weighted by atomic mass is 15.4. The summed E-state index contributed by atoms with van der Waals surface area (Å²) in [4.78, 5) is 19.3. The number of aromatic nitrogens is 6. The van der Waals surface area contributed by atoms with Gasteiger partial charge in [0.1, 0.15) is 12.7 Å². The molecular weight excluding hydrogens is 256 g/mol. The fourth-order valence-electron chi connectivity index (χ4n) is 1.87. The molecule has 20 heavy (non-hydrogen) atoms. The number of rotatable bonds is 6. The average Bonchev–Trinajstić information content (AvgIpc) is 2.93. The Morgan fingerprint density at radius 3 is 2.60 bits per heavy atom. The lowest BCUT2D eigenvalue weighted by Gasteiger charge is -2.25. The molecule has 2 rings (SSSR count). The standard InChI is InChI=1S/C12H20N8/c1-5-14-10-16-11(19(6-2)9(3)4)18-12(17-10)20-8-13-7-15-20/h7-9H,5-6H2,1-4H3,(H,14,16,17,18). The predicted octanol–water partition coefficient (Wildman–Crippen LogP) is 1.12. The summed E-state index contributed by atoms with van der Waals surface area (Å²) in [6.45, 7) is 9.85. The van der Waals surface area contributed by atoms with E-state index in [1.807, 2.05) is 6.92 Å². The quantitative estimate of drug-likeness (QED) is 0.846. The number of hydrogen-bond donors (Lipinski definition) is 1. The van der Waals surface area contributed by atoms with Crippen molar-refractivity contribution < 1.29 is 0 Å². The van der Waals surface area contributed by atoms with Gasteiger partial charge in [-0.15, -0.1) is 0 Å². The predicted molar refractivity (Wildman–Crippen MR) is 77.1 cm³/mol. The maximum atomic E-state index is 4.47. The lowest BCUT2D eigenvalue weighted by molar-refractivity contribution is 0.671. The van der Waals surface area contributed by atoms with Gasteiger partial charge >= 0.3 is 0 Å². The van der Waals surface area contributed by atoms with Crippen molar-refractivity contribution in [2.24, 2.45) is 0 Å². The van der Waals surface area contributed by atoms with Crippen molar-refractivity contribution in [3.05, 3.63) is 12.7 Å². The van der Waals surface area contributed by atoms with E-state index in [0.29, 0.717) is 23.9 Å². The minimum absolute atomic E-state index is 0.306. The molecule has 8 heteroatoms. The topological polar surface area (TPSA) is 84.7 Å². The monoisotopic (exact) mass is 276 g/mol. The van der Waals surface area contributed by atoms with E-state index < -0.39 is 0 Å². The molecule has 0 atom stereocenters. The Morgan fingerprint density at radius 1 is 1.25 bits per heavy atom. The van der Waals surface area contributed by atoms with Crippen LogP contribution in [0.2, 0.25) is 0 Å². The van der Waals surface area contributed by atoms with Crippen LogP contribution in [0.4, 0.5) is 11.9 Å². The number of nitrogens with zero attached hydrogens (tertiary/aromatic N) is 7. The van der Waals surface area contributed by atoms with E-state index in [4.69, 9.17) is 0 Å². The maximum absolute atomic E-state index is 4.47. The van der Waals surface area contributed by atoms with Crippen molar-refractivity contribution in [2.45, 2.75) is 33.7 Å². The molecule has 0 bridgehead atoms. The molecular formula is C12H20N8. The third kappa shape index (κ3) is 3.01. The van der Waals surface area contributed by atoms with Crippen LogP contribution in [0.5, 0.6) is 0 Å². The number of anilines is 2. The van der Waals surface area contributed by atoms with E-state index in [9.17, 15) is 0 Å². The van der Waals surface area contributed by atoms with Gasteiger partial charge in [0, 0.05) is 19.1 Å². The third-order valence-electron chi connectivity index (χ3n) is 2.79. The molecule has 0 radical (unpaired) electrons. The van der Waals surface area contributed by atoms with Crippen molar-refractivity contribution in [1.82, 2.24) is 29.7 Å². The van der Waals surface area contributed by atoms with Crippen LogP contribution in [0.1, 0.15) is 27.7 Å². The lowest BCUT2D eigenvalue weighted by Crippen LogP contribution is -2.32. The van der Waals surface area contributed by atoms with Crippen molar-refractivity contribution in [2.75, 3.05) is 23.3 Å². The van der Waals surface area contributed by atoms with Crippen LogP contribution in [0.15, 0.2) is 12.7 Å². The molecule has 0 spiro atoms. The van der Waals surface area contributed by atoms with E-state index >= 15 is 0 Å². The first kappa shape index (κ1) is 14.2. The van der Waals surface area contributed by atoms with Crippen molar-refractivity contribution >= 4 is 11.9 Å². The van der Waals surface area contributed by atoms with Crippen molar-refractivity contribution in [1.29, 1.82) is 0 Å². The summed E-state index contributed by atoms with van der Waals surface area (Å²) in [6, 6.07) is 0.306. The van der Waals surface area contributed by atoms with Crippen LogP contribution >= 0.6 is 0 Å². The van der Waals surface area contributed by atoms with Crippen LogP contribution in [0.25, 0.3) is 5.95 Å². The second-order valence-corrected chi connectivity index (χ2v) is 4.51. The van der Waals surface area contributed by atoms with Gasteiger partial charge in [-0.2, -0.15) is 24.7 Å². The van der Waals surface area contributed by atoms with E-state index in [2.05, 4.69) is 56.0 Å². The Labute approximate surface area is 118 Å². The van der Waals surface area contributed by atoms with E-state index in [1.54, 1.807) is 6.33 Å². The molecule has 0 saturated heterocycles. The lowest BCUT2D eigenvalue weighted by atomic mass is 10.3. The minimum Gasteiger partial charge on any atom is -0.354 e. The van der Waals surface area contributed by atoms with Gasteiger partial charge in [0.15, 0.2) is 0 Å². The van der Waals surface area contributed by atoms with Gasteiger partial charge in [-0.05, 0) is 27.7 Å². The highest BCUT2D eigenvalue weighted by Gasteiger charge is 2.15. The Hall–Kier alpha value is -2.25. The highest BCUT2D eigenvalue weighted by molar-refractivity contribution is 5.40. The zero-order valence-corrected chi connectivity index (χ0v) is 12.3. The third-order valence-corrected chi connectivity index (χ3v) is 2.79. The smallest absolute Gasteiger partial charge is 0.258 e. The molecule has 0 amide bonds. The van der Waals surface area contributed by atoms with Crippen molar-refractivity contribution in [3.63, 3.8) is 0 Å². The van der Waals surface area contributed by atoms with Gasteiger partial charge < -0.3 is 10.2 Å². The molecule has 0 aromatic carbocycles.